The number of imide groups is 2. The summed E-state index contributed by atoms with van der Waals surface area (Å²) in [6, 6.07) is 12.3. The normalized spacial score (nSPS) is 14.5. The van der Waals surface area contributed by atoms with Crippen LogP contribution in [-0.2, 0) is 14.4 Å². The van der Waals surface area contributed by atoms with Gasteiger partial charge in [0.2, 0.25) is 0 Å². The van der Waals surface area contributed by atoms with Gasteiger partial charge in [-0.2, -0.15) is 0 Å². The Kier molecular flexibility index (Phi) is 8.80. The van der Waals surface area contributed by atoms with Gasteiger partial charge >= 0.3 is 6.03 Å². The van der Waals surface area contributed by atoms with Crippen LogP contribution in [0.3, 0.4) is 0 Å². The number of nitrogens with one attached hydrogen (secondary N) is 2. The van der Waals surface area contributed by atoms with E-state index in [0.717, 1.165) is 10.5 Å². The van der Waals surface area contributed by atoms with Crippen LogP contribution in [0.15, 0.2) is 63.0 Å². The molecule has 200 valence electrons. The zero-order valence-electron chi connectivity index (χ0n) is 20.4. The third-order valence-electron chi connectivity index (χ3n) is 5.72. The van der Waals surface area contributed by atoms with E-state index in [1.165, 1.54) is 6.08 Å². The zero-order chi connectivity index (χ0) is 28.4. The standard InChI is InChI=1S/C27H19Br2Cl2N3O5/c1-13-6-7-17(11-21(13)31)32-23(35)12-39-24-15(8-16(28)10-19(24)29)9-18-25(36)33-27(38)34(26(18)37)22-5-3-4-20(30)14(22)2/h3-11H,12H2,1-2H3,(H,32,35)(H,33,36,38)/b18-9-. The topological polar surface area (TPSA) is 105 Å². The number of nitrogens with zero attached hydrogens (tertiary/aromatic N) is 1. The number of hydrogen-bond donors (Lipinski definition) is 2. The minimum absolute atomic E-state index is 0.200. The van der Waals surface area contributed by atoms with Crippen LogP contribution in [0.2, 0.25) is 10.0 Å². The summed E-state index contributed by atoms with van der Waals surface area (Å²) in [5.41, 5.74) is 2.09. The molecular weight excluding hydrogens is 677 g/mol. The van der Waals surface area contributed by atoms with Gasteiger partial charge in [-0.1, -0.05) is 51.3 Å². The number of carbonyl (C=O) groups is 4. The fourth-order valence-electron chi connectivity index (χ4n) is 3.72. The molecule has 1 fully saturated rings. The molecule has 0 radical (unpaired) electrons. The molecule has 0 saturated carbocycles. The summed E-state index contributed by atoms with van der Waals surface area (Å²) < 4.78 is 6.85. The monoisotopic (exact) mass is 693 g/mol. The molecule has 12 heteroatoms. The molecule has 1 heterocycles. The molecule has 0 bridgehead atoms. The number of halogens is 4. The molecule has 1 aliphatic heterocycles. The minimum atomic E-state index is -0.896. The number of ether oxygens (including phenoxy) is 1. The van der Waals surface area contributed by atoms with E-state index in [0.29, 0.717) is 35.8 Å². The molecule has 3 aromatic rings. The van der Waals surface area contributed by atoms with Gasteiger partial charge in [0, 0.05) is 25.8 Å². The van der Waals surface area contributed by atoms with Crippen molar-refractivity contribution >= 4 is 96.3 Å². The van der Waals surface area contributed by atoms with E-state index in [4.69, 9.17) is 27.9 Å². The number of barbiturate groups is 1. The SMILES string of the molecule is Cc1ccc(NC(=O)COc2c(Br)cc(Br)cc2/C=C2/C(=O)NC(=O)N(c3cccc(Cl)c3C)C2=O)cc1Cl. The number of urea groups is 1. The molecule has 4 rings (SSSR count). The van der Waals surface area contributed by atoms with Crippen LogP contribution in [0.5, 0.6) is 5.75 Å². The average molecular weight is 696 g/mol. The molecule has 1 saturated heterocycles. The Morgan fingerprint density at radius 2 is 1.79 bits per heavy atom. The lowest BCUT2D eigenvalue weighted by atomic mass is 10.0. The van der Waals surface area contributed by atoms with E-state index >= 15 is 0 Å². The summed E-state index contributed by atoms with van der Waals surface area (Å²) in [5.74, 6) is -1.98. The van der Waals surface area contributed by atoms with E-state index in [1.54, 1.807) is 55.5 Å². The van der Waals surface area contributed by atoms with Gasteiger partial charge in [-0.25, -0.2) is 9.69 Å². The van der Waals surface area contributed by atoms with Crippen molar-refractivity contribution < 1.29 is 23.9 Å². The van der Waals surface area contributed by atoms with E-state index < -0.39 is 23.8 Å². The maximum Gasteiger partial charge on any atom is 0.335 e. The molecule has 3 aromatic carbocycles. The fraction of sp³-hybridized carbons (Fsp3) is 0.111. The van der Waals surface area contributed by atoms with Crippen LogP contribution < -0.4 is 20.3 Å². The Morgan fingerprint density at radius 1 is 1.05 bits per heavy atom. The van der Waals surface area contributed by atoms with Crippen molar-refractivity contribution in [1.29, 1.82) is 0 Å². The van der Waals surface area contributed by atoms with Crippen molar-refractivity contribution in [3.05, 3.63) is 89.8 Å². The highest BCUT2D eigenvalue weighted by molar-refractivity contribution is 9.11. The fourth-order valence-corrected chi connectivity index (χ4v) is 5.44. The van der Waals surface area contributed by atoms with Gasteiger partial charge in [0.1, 0.15) is 11.3 Å². The quantitative estimate of drug-likeness (QED) is 0.218. The Labute approximate surface area is 250 Å². The van der Waals surface area contributed by atoms with E-state index in [1.807, 2.05) is 6.92 Å². The number of carbonyl (C=O) groups excluding carboxylic acids is 4. The largest absolute Gasteiger partial charge is 0.482 e. The molecule has 1 aliphatic rings. The second kappa shape index (κ2) is 11.9. The Morgan fingerprint density at radius 3 is 2.51 bits per heavy atom. The third-order valence-corrected chi connectivity index (χ3v) is 7.59. The van der Waals surface area contributed by atoms with Crippen molar-refractivity contribution in [2.75, 3.05) is 16.8 Å². The van der Waals surface area contributed by atoms with Crippen molar-refractivity contribution in [2.24, 2.45) is 0 Å². The maximum atomic E-state index is 13.4. The molecule has 0 aromatic heterocycles. The number of anilines is 2. The van der Waals surface area contributed by atoms with Crippen molar-refractivity contribution in [2.45, 2.75) is 13.8 Å². The van der Waals surface area contributed by atoms with E-state index in [2.05, 4.69) is 42.5 Å². The van der Waals surface area contributed by atoms with Crippen LogP contribution in [0, 0.1) is 13.8 Å². The highest BCUT2D eigenvalue weighted by atomic mass is 79.9. The summed E-state index contributed by atoms with van der Waals surface area (Å²) in [6.07, 6.45) is 1.29. The number of rotatable bonds is 6. The van der Waals surface area contributed by atoms with E-state index in [9.17, 15) is 19.2 Å². The summed E-state index contributed by atoms with van der Waals surface area (Å²) in [5, 5.41) is 5.75. The van der Waals surface area contributed by atoms with Crippen molar-refractivity contribution in [1.82, 2.24) is 5.32 Å². The lowest BCUT2D eigenvalue weighted by Crippen LogP contribution is -2.54. The minimum Gasteiger partial charge on any atom is -0.482 e. The maximum absolute atomic E-state index is 13.4. The Bertz CT molecular complexity index is 1580. The lowest BCUT2D eigenvalue weighted by molar-refractivity contribution is -0.122. The van der Waals surface area contributed by atoms with Crippen molar-refractivity contribution in [3.8, 4) is 5.75 Å². The lowest BCUT2D eigenvalue weighted by Gasteiger charge is -2.28. The summed E-state index contributed by atoms with van der Waals surface area (Å²) in [7, 11) is 0. The van der Waals surface area contributed by atoms with Crippen LogP contribution in [-0.4, -0.2) is 30.4 Å². The van der Waals surface area contributed by atoms with Gasteiger partial charge in [0.15, 0.2) is 6.61 Å². The number of hydrogen-bond acceptors (Lipinski definition) is 5. The second-order valence-electron chi connectivity index (χ2n) is 8.45. The first-order valence-electron chi connectivity index (χ1n) is 11.3. The summed E-state index contributed by atoms with van der Waals surface area (Å²) >= 11 is 19.1. The van der Waals surface area contributed by atoms with Gasteiger partial charge in [-0.3, -0.25) is 19.7 Å². The van der Waals surface area contributed by atoms with Crippen LogP contribution in [0.4, 0.5) is 16.2 Å². The van der Waals surface area contributed by atoms with E-state index in [-0.39, 0.29) is 23.6 Å². The summed E-state index contributed by atoms with van der Waals surface area (Å²) in [4.78, 5) is 52.2. The molecule has 0 aliphatic carbocycles. The second-order valence-corrected chi connectivity index (χ2v) is 11.0. The van der Waals surface area contributed by atoms with Gasteiger partial charge in [-0.05, 0) is 83.4 Å². The third kappa shape index (κ3) is 6.36. The average Bonchev–Trinajstić information content (AvgIpc) is 2.85. The van der Waals surface area contributed by atoms with Crippen LogP contribution in [0.25, 0.3) is 6.08 Å². The predicted octanol–water partition coefficient (Wildman–Crippen LogP) is 6.82. The molecule has 0 spiro atoms. The van der Waals surface area contributed by atoms with Crippen molar-refractivity contribution in [3.63, 3.8) is 0 Å². The van der Waals surface area contributed by atoms with Crippen LogP contribution >= 0.6 is 55.1 Å². The molecule has 5 amide bonds. The Balaban J connectivity index is 1.64. The van der Waals surface area contributed by atoms with Gasteiger partial charge in [-0.15, -0.1) is 0 Å². The van der Waals surface area contributed by atoms with Gasteiger partial charge in [0.25, 0.3) is 17.7 Å². The molecule has 39 heavy (non-hydrogen) atoms. The predicted molar refractivity (Wildman–Crippen MR) is 157 cm³/mol. The molecule has 0 atom stereocenters. The van der Waals surface area contributed by atoms with Crippen LogP contribution in [0.1, 0.15) is 16.7 Å². The summed E-state index contributed by atoms with van der Waals surface area (Å²) in [6.45, 7) is 3.13. The Hall–Kier alpha value is -3.18. The first-order chi connectivity index (χ1) is 18.5. The number of benzene rings is 3. The highest BCUT2D eigenvalue weighted by Gasteiger charge is 2.38. The molecular formula is C27H19Br2Cl2N3O5. The zero-order valence-corrected chi connectivity index (χ0v) is 25.1. The number of aryl methyl sites for hydroxylation is 1. The van der Waals surface area contributed by atoms with Gasteiger partial charge in [0.05, 0.1) is 10.2 Å². The molecule has 8 nitrogen and oxygen atoms in total. The highest BCUT2D eigenvalue weighted by Crippen LogP contribution is 2.36. The smallest absolute Gasteiger partial charge is 0.335 e. The molecule has 2 N–H and O–H groups in total. The number of amides is 5. The first kappa shape index (κ1) is 28.8. The molecule has 0 unspecified atom stereocenters. The van der Waals surface area contributed by atoms with Gasteiger partial charge < -0.3 is 10.1 Å². The first-order valence-corrected chi connectivity index (χ1v) is 13.6.